The maximum atomic E-state index is 14.0. The first kappa shape index (κ1) is 60.4. The number of hydrogen-bond donors (Lipinski definition) is 4. The number of carbonyl (C=O) groups is 1. The number of imidazole rings is 1. The van der Waals surface area contributed by atoms with Crippen molar-refractivity contribution in [3.05, 3.63) is 192 Å². The second-order valence-electron chi connectivity index (χ2n) is 20.6. The molecular formula is C61H55F3N10O8S3. The van der Waals surface area contributed by atoms with Gasteiger partial charge in [0.2, 0.25) is 0 Å². The van der Waals surface area contributed by atoms with E-state index in [1.54, 1.807) is 106 Å². The van der Waals surface area contributed by atoms with Gasteiger partial charge in [0.25, 0.3) is 0 Å². The molecule has 5 heterocycles. The van der Waals surface area contributed by atoms with Crippen molar-refractivity contribution in [1.29, 1.82) is 0 Å². The molecule has 0 spiro atoms. The van der Waals surface area contributed by atoms with E-state index in [9.17, 15) is 43.2 Å². The smallest absolute Gasteiger partial charge is 0.407 e. The van der Waals surface area contributed by atoms with Gasteiger partial charge in [-0.15, -0.1) is 0 Å². The number of halogens is 3. The van der Waals surface area contributed by atoms with Gasteiger partial charge in [-0.1, -0.05) is 72.8 Å². The zero-order valence-electron chi connectivity index (χ0n) is 46.5. The molecule has 85 heavy (non-hydrogen) atoms. The van der Waals surface area contributed by atoms with Crippen LogP contribution in [0.1, 0.15) is 37.5 Å². The van der Waals surface area contributed by atoms with Crippen LogP contribution >= 0.6 is 0 Å². The fourth-order valence-electron chi connectivity index (χ4n) is 9.18. The van der Waals surface area contributed by atoms with Gasteiger partial charge in [0, 0.05) is 71.3 Å². The monoisotopic (exact) mass is 1210 g/mol. The predicted molar refractivity (Wildman–Crippen MR) is 321 cm³/mol. The van der Waals surface area contributed by atoms with E-state index in [2.05, 4.69) is 45.5 Å². The number of H-pyrrole nitrogens is 1. The summed E-state index contributed by atoms with van der Waals surface area (Å²) in [6.07, 6.45) is 5.75. The predicted octanol–water partition coefficient (Wildman–Crippen LogP) is 11.1. The van der Waals surface area contributed by atoms with E-state index in [0.29, 0.717) is 95.6 Å². The van der Waals surface area contributed by atoms with Crippen molar-refractivity contribution in [2.24, 2.45) is 5.73 Å². The Kier molecular flexibility index (Phi) is 17.4. The van der Waals surface area contributed by atoms with Gasteiger partial charge in [-0.25, -0.2) is 73.1 Å². The second kappa shape index (κ2) is 24.5. The fraction of sp³-hybridized carbons (Fsp3) is 0.164. The van der Waals surface area contributed by atoms with Crippen LogP contribution in [0.3, 0.4) is 0 Å². The van der Waals surface area contributed by atoms with Crippen LogP contribution in [0.25, 0.3) is 77.6 Å². The number of anilines is 1. The molecule has 0 saturated carbocycles. The summed E-state index contributed by atoms with van der Waals surface area (Å²) in [7, 11) is -10.4. The molecular weight excluding hydrogens is 1150 g/mol. The van der Waals surface area contributed by atoms with Crippen molar-refractivity contribution in [1.82, 2.24) is 40.2 Å². The van der Waals surface area contributed by atoms with Crippen LogP contribution in [0.15, 0.2) is 173 Å². The first-order chi connectivity index (χ1) is 40.2. The molecule has 0 unspecified atom stereocenters. The van der Waals surface area contributed by atoms with Crippen LogP contribution in [-0.2, 0) is 53.9 Å². The highest BCUT2D eigenvalue weighted by atomic mass is 32.2. The molecule has 5 N–H and O–H groups in total. The summed E-state index contributed by atoms with van der Waals surface area (Å²) in [6.45, 7) is 5.88. The molecule has 436 valence electrons. The Bertz CT molecular complexity index is 4740. The molecule has 0 aliphatic carbocycles. The first-order valence-corrected chi connectivity index (χ1v) is 31.6. The minimum absolute atomic E-state index is 0.0762. The number of amides is 1. The summed E-state index contributed by atoms with van der Waals surface area (Å²) in [5.41, 5.74) is 12.4. The molecule has 24 heteroatoms. The van der Waals surface area contributed by atoms with E-state index < -0.39 is 52.8 Å². The Balaban J connectivity index is 0.000000155. The molecule has 18 nitrogen and oxygen atoms in total. The normalized spacial score (nSPS) is 11.9. The molecule has 0 saturated heterocycles. The average Bonchev–Trinajstić information content (AvgIpc) is 2.05. The lowest BCUT2D eigenvalue weighted by atomic mass is 10.0. The zero-order valence-corrected chi connectivity index (χ0v) is 49.0. The van der Waals surface area contributed by atoms with Gasteiger partial charge in [0.05, 0.1) is 54.6 Å². The summed E-state index contributed by atoms with van der Waals surface area (Å²) in [5.74, 6) is -0.682. The van der Waals surface area contributed by atoms with Crippen LogP contribution in [0.2, 0.25) is 0 Å². The van der Waals surface area contributed by atoms with E-state index in [4.69, 9.17) is 10.5 Å². The SMILES string of the molecule is CC(C)(C)OC(=O)NCc1cc2cccc(S(C)(=O)=O)c2nc1-c1cccc(F)c1.CS(=O)(=O)c1cccc2cc(CN)c(-c3cccc(F)c3)nc12.CS(=O)(=O)c1cccc2cc(CNc3ncnc4nc[nH]c34)c(-c3cccc(F)c3)nc12. The number of aromatic nitrogens is 7. The quantitative estimate of drug-likeness (QED) is 0.0885. The number of nitrogens with one attached hydrogen (secondary N) is 3. The van der Waals surface area contributed by atoms with Gasteiger partial charge in [-0.2, -0.15) is 0 Å². The number of para-hydroxylation sites is 3. The number of benzene rings is 6. The Hall–Kier alpha value is -9.23. The Morgan fingerprint density at radius 1 is 0.541 bits per heavy atom. The molecule has 11 aromatic rings. The molecule has 0 fully saturated rings. The van der Waals surface area contributed by atoms with Crippen LogP contribution in [0.5, 0.6) is 0 Å². The van der Waals surface area contributed by atoms with Crippen molar-refractivity contribution in [2.45, 2.75) is 60.7 Å². The molecule has 0 radical (unpaired) electrons. The fourth-order valence-corrected chi connectivity index (χ4v) is 11.7. The van der Waals surface area contributed by atoms with E-state index in [0.717, 1.165) is 29.9 Å². The van der Waals surface area contributed by atoms with E-state index in [1.807, 2.05) is 6.07 Å². The van der Waals surface area contributed by atoms with Crippen LogP contribution in [0.4, 0.5) is 23.8 Å². The van der Waals surface area contributed by atoms with Gasteiger partial charge in [0.15, 0.2) is 41.0 Å². The molecule has 0 atom stereocenters. The number of aromatic amines is 1. The summed E-state index contributed by atoms with van der Waals surface area (Å²) in [6, 6.07) is 38.1. The number of hydrogen-bond acceptors (Lipinski definition) is 16. The highest BCUT2D eigenvalue weighted by Gasteiger charge is 2.22. The number of carbonyl (C=O) groups excluding carboxylic acids is 1. The largest absolute Gasteiger partial charge is 0.444 e. The lowest BCUT2D eigenvalue weighted by Crippen LogP contribution is -2.32. The van der Waals surface area contributed by atoms with Gasteiger partial charge in [-0.05, 0) is 110 Å². The highest BCUT2D eigenvalue weighted by molar-refractivity contribution is 7.91. The number of nitrogens with zero attached hydrogens (tertiary/aromatic N) is 6. The number of nitrogens with two attached hydrogens (primary N) is 1. The molecule has 6 aromatic carbocycles. The van der Waals surface area contributed by atoms with Crippen molar-refractivity contribution in [3.63, 3.8) is 0 Å². The maximum absolute atomic E-state index is 14.0. The lowest BCUT2D eigenvalue weighted by Gasteiger charge is -2.20. The van der Waals surface area contributed by atoms with Crippen molar-refractivity contribution in [3.8, 4) is 33.8 Å². The van der Waals surface area contributed by atoms with E-state index in [-0.39, 0.29) is 33.6 Å². The topological polar surface area (TPSA) is 272 Å². The van der Waals surface area contributed by atoms with Crippen molar-refractivity contribution in [2.75, 3.05) is 24.1 Å². The molecule has 0 aliphatic heterocycles. The lowest BCUT2D eigenvalue weighted by molar-refractivity contribution is 0.0523. The molecule has 5 aromatic heterocycles. The summed E-state index contributed by atoms with van der Waals surface area (Å²) >= 11 is 0. The molecule has 0 bridgehead atoms. The summed E-state index contributed by atoms with van der Waals surface area (Å²) in [5, 5.41) is 7.88. The third-order valence-corrected chi connectivity index (χ3v) is 16.3. The third kappa shape index (κ3) is 14.4. The summed E-state index contributed by atoms with van der Waals surface area (Å²) < 4.78 is 120. The van der Waals surface area contributed by atoms with E-state index in [1.165, 1.54) is 67.3 Å². The zero-order chi connectivity index (χ0) is 61.0. The number of rotatable bonds is 12. The summed E-state index contributed by atoms with van der Waals surface area (Å²) in [4.78, 5) is 41.7. The standard InChI is InChI=1S/C22H17FN6O2S.C22H23FN2O4S.C17H15FN2O2S/c1-32(30,31)17-7-3-5-13-8-15(10-24-21-20-22(26-11-25-20)28-12-27-21)18(29-19(13)17)14-4-2-6-16(23)9-14;1-22(2,3)29-21(26)24-13-16-11-14-8-6-10-18(30(4,27)28)20(14)25-19(16)15-7-5-9-17(23)12-15;1-23(21,22)15-7-3-5-11-8-13(10-19)16(20-17(11)15)12-4-2-6-14(18)9-12/h2-9,11-12H,10H2,1H3,(H2,24,25,26,27,28);5-12H,13H2,1-4H3,(H,24,26);2-9H,10,19H2,1H3. The number of pyridine rings is 3. The molecule has 1 amide bonds. The number of fused-ring (bicyclic) bond motifs is 4. The highest BCUT2D eigenvalue weighted by Crippen LogP contribution is 2.34. The number of sulfone groups is 3. The minimum atomic E-state index is -3.52. The Morgan fingerprint density at radius 3 is 1.34 bits per heavy atom. The van der Waals surface area contributed by atoms with Crippen LogP contribution in [-0.4, -0.2) is 90.6 Å². The third-order valence-electron chi connectivity index (χ3n) is 12.9. The van der Waals surface area contributed by atoms with Gasteiger partial charge >= 0.3 is 6.09 Å². The van der Waals surface area contributed by atoms with Gasteiger partial charge < -0.3 is 26.1 Å². The number of ether oxygens (including phenoxy) is 1. The van der Waals surface area contributed by atoms with Crippen molar-refractivity contribution < 1.29 is 48.0 Å². The van der Waals surface area contributed by atoms with E-state index >= 15 is 0 Å². The molecule has 11 rings (SSSR count). The second-order valence-corrected chi connectivity index (χ2v) is 26.5. The average molecular weight is 1210 g/mol. The first-order valence-electron chi connectivity index (χ1n) is 25.9. The van der Waals surface area contributed by atoms with Crippen molar-refractivity contribution >= 4 is 85.3 Å². The maximum Gasteiger partial charge on any atom is 0.407 e. The Morgan fingerprint density at radius 2 is 0.941 bits per heavy atom. The van der Waals surface area contributed by atoms with Crippen LogP contribution in [0, 0.1) is 17.5 Å². The van der Waals surface area contributed by atoms with Gasteiger partial charge in [0.1, 0.15) is 34.9 Å². The van der Waals surface area contributed by atoms with Crippen LogP contribution < -0.4 is 16.4 Å². The number of alkyl carbamates (subject to hydrolysis) is 1. The minimum Gasteiger partial charge on any atom is -0.444 e. The van der Waals surface area contributed by atoms with Gasteiger partial charge in [-0.3, -0.25) is 0 Å². The molecule has 0 aliphatic rings. The Labute approximate surface area is 487 Å².